The molecule has 0 spiro atoms. The quantitative estimate of drug-likeness (QED) is 0.455. The van der Waals surface area contributed by atoms with Crippen molar-refractivity contribution in [3.8, 4) is 0 Å². The van der Waals surface area contributed by atoms with Crippen molar-refractivity contribution < 1.29 is 14.3 Å². The van der Waals surface area contributed by atoms with E-state index in [2.05, 4.69) is 13.8 Å². The molecule has 0 aromatic carbocycles. The molecular weight excluding hydrogens is 278 g/mol. The van der Waals surface area contributed by atoms with Gasteiger partial charge in [0.25, 0.3) is 0 Å². The first kappa shape index (κ1) is 19.0. The van der Waals surface area contributed by atoms with E-state index >= 15 is 0 Å². The van der Waals surface area contributed by atoms with Crippen molar-refractivity contribution >= 4 is 11.9 Å². The number of hydrogen-bond acceptors (Lipinski definition) is 3. The van der Waals surface area contributed by atoms with Gasteiger partial charge in [-0.1, -0.05) is 39.5 Å². The van der Waals surface area contributed by atoms with Crippen molar-refractivity contribution in [1.82, 2.24) is 4.90 Å². The Morgan fingerprint density at radius 3 is 2.73 bits per heavy atom. The van der Waals surface area contributed by atoms with E-state index in [0.29, 0.717) is 25.4 Å². The summed E-state index contributed by atoms with van der Waals surface area (Å²) in [4.78, 5) is 25.7. The summed E-state index contributed by atoms with van der Waals surface area (Å²) in [7, 11) is 0. The first-order chi connectivity index (χ1) is 10.6. The highest BCUT2D eigenvalue weighted by Gasteiger charge is 2.27. The van der Waals surface area contributed by atoms with E-state index in [4.69, 9.17) is 4.74 Å². The number of amides is 1. The van der Waals surface area contributed by atoms with Gasteiger partial charge in [-0.2, -0.15) is 0 Å². The molecule has 1 rings (SSSR count). The zero-order chi connectivity index (χ0) is 16.4. The maximum atomic E-state index is 12.2. The zero-order valence-electron chi connectivity index (χ0n) is 14.6. The van der Waals surface area contributed by atoms with Crippen LogP contribution in [0.2, 0.25) is 0 Å². The van der Waals surface area contributed by atoms with Crippen LogP contribution >= 0.6 is 0 Å². The van der Waals surface area contributed by atoms with Crippen LogP contribution in [0.15, 0.2) is 0 Å². The van der Waals surface area contributed by atoms with Crippen molar-refractivity contribution in [2.75, 3.05) is 19.7 Å². The topological polar surface area (TPSA) is 46.6 Å². The van der Waals surface area contributed by atoms with Gasteiger partial charge in [0.05, 0.1) is 6.61 Å². The molecule has 2 atom stereocenters. The average molecular weight is 311 g/mol. The molecule has 1 amide bonds. The number of rotatable bonds is 10. The smallest absolute Gasteiger partial charge is 0.306 e. The van der Waals surface area contributed by atoms with Crippen LogP contribution in [0.25, 0.3) is 0 Å². The van der Waals surface area contributed by atoms with Gasteiger partial charge in [0, 0.05) is 25.9 Å². The van der Waals surface area contributed by atoms with E-state index in [-0.39, 0.29) is 17.8 Å². The molecule has 4 heteroatoms. The number of nitrogens with zero attached hydrogens (tertiary/aromatic N) is 1. The minimum Gasteiger partial charge on any atom is -0.466 e. The van der Waals surface area contributed by atoms with E-state index in [1.165, 1.54) is 25.7 Å². The largest absolute Gasteiger partial charge is 0.466 e. The Labute approximate surface area is 135 Å². The van der Waals surface area contributed by atoms with Crippen molar-refractivity contribution in [3.05, 3.63) is 0 Å². The average Bonchev–Trinajstić information content (AvgIpc) is 2.47. The summed E-state index contributed by atoms with van der Waals surface area (Å²) in [6.07, 6.45) is 8.05. The van der Waals surface area contributed by atoms with Crippen LogP contribution in [-0.2, 0) is 14.3 Å². The normalized spacial score (nSPS) is 20.0. The van der Waals surface area contributed by atoms with Crippen LogP contribution in [0.4, 0.5) is 0 Å². The number of ether oxygens (including phenoxy) is 1. The molecule has 1 saturated heterocycles. The van der Waals surface area contributed by atoms with E-state index in [0.717, 1.165) is 25.9 Å². The maximum Gasteiger partial charge on any atom is 0.306 e. The molecule has 4 nitrogen and oxygen atoms in total. The Kier molecular flexibility index (Phi) is 9.17. The molecule has 0 radical (unpaired) electrons. The fraction of sp³-hybridized carbons (Fsp3) is 0.889. The SMILES string of the molecule is CCCCCC(C)CCN1CCC(CC(=O)OCC)CC1=O. The first-order valence-electron chi connectivity index (χ1n) is 9.00. The minimum atomic E-state index is -0.168. The van der Waals surface area contributed by atoms with Crippen LogP contribution in [0, 0.1) is 11.8 Å². The molecular formula is C18H33NO3. The highest BCUT2D eigenvalue weighted by Crippen LogP contribution is 2.23. The van der Waals surface area contributed by atoms with Crippen LogP contribution in [0.1, 0.15) is 72.1 Å². The molecule has 0 aliphatic carbocycles. The van der Waals surface area contributed by atoms with Gasteiger partial charge in [0.1, 0.15) is 0 Å². The standard InChI is InChI=1S/C18H33NO3/c1-4-6-7-8-15(3)9-11-19-12-10-16(13-17(19)20)14-18(21)22-5-2/h15-16H,4-14H2,1-3H3. The van der Waals surface area contributed by atoms with Gasteiger partial charge in [-0.15, -0.1) is 0 Å². The van der Waals surface area contributed by atoms with Gasteiger partial charge in [0.15, 0.2) is 0 Å². The minimum absolute atomic E-state index is 0.168. The lowest BCUT2D eigenvalue weighted by Crippen LogP contribution is -2.40. The number of piperidine rings is 1. The number of likely N-dealkylation sites (tertiary alicyclic amines) is 1. The Morgan fingerprint density at radius 2 is 2.09 bits per heavy atom. The second-order valence-corrected chi connectivity index (χ2v) is 6.64. The highest BCUT2D eigenvalue weighted by molar-refractivity contribution is 5.78. The van der Waals surface area contributed by atoms with Crippen molar-refractivity contribution in [2.24, 2.45) is 11.8 Å². The van der Waals surface area contributed by atoms with Crippen LogP contribution in [0.5, 0.6) is 0 Å². The molecule has 1 heterocycles. The van der Waals surface area contributed by atoms with E-state index in [1.54, 1.807) is 0 Å². The second-order valence-electron chi connectivity index (χ2n) is 6.64. The molecule has 0 N–H and O–H groups in total. The highest BCUT2D eigenvalue weighted by atomic mass is 16.5. The summed E-state index contributed by atoms with van der Waals surface area (Å²) >= 11 is 0. The summed E-state index contributed by atoms with van der Waals surface area (Å²) in [5, 5.41) is 0. The summed E-state index contributed by atoms with van der Waals surface area (Å²) < 4.78 is 4.97. The number of carbonyl (C=O) groups excluding carboxylic acids is 2. The fourth-order valence-corrected chi connectivity index (χ4v) is 3.07. The van der Waals surface area contributed by atoms with E-state index in [1.807, 2.05) is 11.8 Å². The maximum absolute atomic E-state index is 12.2. The second kappa shape index (κ2) is 10.6. The van der Waals surface area contributed by atoms with Gasteiger partial charge in [-0.3, -0.25) is 9.59 Å². The Morgan fingerprint density at radius 1 is 1.32 bits per heavy atom. The van der Waals surface area contributed by atoms with Crippen LogP contribution < -0.4 is 0 Å². The van der Waals surface area contributed by atoms with Crippen molar-refractivity contribution in [1.29, 1.82) is 0 Å². The fourth-order valence-electron chi connectivity index (χ4n) is 3.07. The lowest BCUT2D eigenvalue weighted by Gasteiger charge is -2.32. The number of unbranched alkanes of at least 4 members (excludes halogenated alkanes) is 2. The first-order valence-corrected chi connectivity index (χ1v) is 9.00. The lowest BCUT2D eigenvalue weighted by molar-refractivity contribution is -0.145. The molecule has 128 valence electrons. The summed E-state index contributed by atoms with van der Waals surface area (Å²) in [6, 6.07) is 0. The van der Waals surface area contributed by atoms with Gasteiger partial charge >= 0.3 is 5.97 Å². The Balaban J connectivity index is 2.23. The third kappa shape index (κ3) is 7.28. The summed E-state index contributed by atoms with van der Waals surface area (Å²) in [5.41, 5.74) is 0. The third-order valence-electron chi connectivity index (χ3n) is 4.58. The number of carbonyl (C=O) groups is 2. The van der Waals surface area contributed by atoms with Gasteiger partial charge in [-0.05, 0) is 31.6 Å². The molecule has 0 aromatic rings. The molecule has 0 saturated carbocycles. The summed E-state index contributed by atoms with van der Waals surface area (Å²) in [5.74, 6) is 0.904. The Bertz CT molecular complexity index is 343. The molecule has 22 heavy (non-hydrogen) atoms. The molecule has 0 aromatic heterocycles. The van der Waals surface area contributed by atoms with E-state index < -0.39 is 0 Å². The van der Waals surface area contributed by atoms with Gasteiger partial charge in [0.2, 0.25) is 5.91 Å². The lowest BCUT2D eigenvalue weighted by atomic mass is 9.92. The number of esters is 1. The molecule has 1 fully saturated rings. The number of hydrogen-bond donors (Lipinski definition) is 0. The van der Waals surface area contributed by atoms with Crippen LogP contribution in [0.3, 0.4) is 0 Å². The molecule has 1 aliphatic rings. The molecule has 2 unspecified atom stereocenters. The molecule has 1 aliphatic heterocycles. The Hall–Kier alpha value is -1.06. The van der Waals surface area contributed by atoms with Gasteiger partial charge < -0.3 is 9.64 Å². The molecule has 0 bridgehead atoms. The predicted molar refractivity (Wildman–Crippen MR) is 88.5 cm³/mol. The van der Waals surface area contributed by atoms with E-state index in [9.17, 15) is 9.59 Å². The van der Waals surface area contributed by atoms with Crippen LogP contribution in [-0.4, -0.2) is 36.5 Å². The monoisotopic (exact) mass is 311 g/mol. The van der Waals surface area contributed by atoms with Crippen molar-refractivity contribution in [3.63, 3.8) is 0 Å². The van der Waals surface area contributed by atoms with Gasteiger partial charge in [-0.25, -0.2) is 0 Å². The summed E-state index contributed by atoms with van der Waals surface area (Å²) in [6.45, 7) is 8.41. The predicted octanol–water partition coefficient (Wildman–Crippen LogP) is 3.78. The third-order valence-corrected chi connectivity index (χ3v) is 4.58. The zero-order valence-corrected chi connectivity index (χ0v) is 14.6. The van der Waals surface area contributed by atoms with Crippen molar-refractivity contribution in [2.45, 2.75) is 72.1 Å².